The third-order valence-corrected chi connectivity index (χ3v) is 13.5. The maximum Gasteiger partial charge on any atom is 0.410 e. The van der Waals surface area contributed by atoms with Crippen LogP contribution in [0.4, 0.5) is 9.18 Å². The Kier molecular flexibility index (Phi) is 10.7. The largest absolute Gasteiger partial charge is 0.444 e. The Morgan fingerprint density at radius 3 is 2.00 bits per heavy atom. The van der Waals surface area contributed by atoms with Gasteiger partial charge in [-0.3, -0.25) is 9.69 Å². The van der Waals surface area contributed by atoms with Crippen molar-refractivity contribution in [2.24, 2.45) is 0 Å². The van der Waals surface area contributed by atoms with Gasteiger partial charge in [-0.05, 0) is 67.7 Å². The quantitative estimate of drug-likeness (QED) is 0.281. The topological polar surface area (TPSA) is 77.1 Å². The first-order valence-corrected chi connectivity index (χ1v) is 17.9. The molecule has 0 radical (unpaired) electrons. The Morgan fingerprint density at radius 1 is 0.935 bits per heavy atom. The molecule has 0 bridgehead atoms. The number of nitrogens with zero attached hydrogens (tertiary/aromatic N) is 1. The van der Waals surface area contributed by atoms with E-state index in [0.717, 1.165) is 10.4 Å². The van der Waals surface area contributed by atoms with E-state index in [-0.39, 0.29) is 29.8 Å². The van der Waals surface area contributed by atoms with E-state index in [2.05, 4.69) is 50.4 Å². The number of rotatable bonds is 8. The van der Waals surface area contributed by atoms with Crippen molar-refractivity contribution in [1.29, 1.82) is 0 Å². The minimum absolute atomic E-state index is 0.0389. The number of morpholine rings is 1. The van der Waals surface area contributed by atoms with Gasteiger partial charge in [0.15, 0.2) is 6.10 Å². The maximum atomic E-state index is 13.7. The number of halogens is 2. The Balaban J connectivity index is 1.62. The highest BCUT2D eigenvalue weighted by atomic mass is 35.5. The molecule has 1 aliphatic heterocycles. The van der Waals surface area contributed by atoms with Crippen LogP contribution in [0, 0.1) is 5.82 Å². The lowest BCUT2D eigenvalue weighted by molar-refractivity contribution is -0.144. The summed E-state index contributed by atoms with van der Waals surface area (Å²) in [6.45, 7) is 15.7. The van der Waals surface area contributed by atoms with Gasteiger partial charge in [0.1, 0.15) is 11.4 Å². The zero-order valence-corrected chi connectivity index (χ0v) is 29.8. The highest BCUT2D eigenvalue weighted by Crippen LogP contribution is 2.37. The second kappa shape index (κ2) is 13.9. The van der Waals surface area contributed by atoms with Crippen LogP contribution in [-0.2, 0) is 24.2 Å². The minimum Gasteiger partial charge on any atom is -0.444 e. The molecule has 1 fully saturated rings. The SMILES string of the molecule is CC(C)(C)OC(=O)N1C[C@@H](C(=O)NC(C)(C)c2ccc(F)cc2Cl)OC[C@H]1CO[Si](c1ccccc1)(c1ccccc1)C(C)(C)C. The van der Waals surface area contributed by atoms with Crippen molar-refractivity contribution >= 4 is 42.3 Å². The highest BCUT2D eigenvalue weighted by molar-refractivity contribution is 6.99. The van der Waals surface area contributed by atoms with Crippen LogP contribution in [0.2, 0.25) is 10.1 Å². The molecule has 1 aliphatic rings. The summed E-state index contributed by atoms with van der Waals surface area (Å²) in [5, 5.41) is 5.14. The monoisotopic (exact) mass is 668 g/mol. The summed E-state index contributed by atoms with van der Waals surface area (Å²) in [7, 11) is -2.91. The third-order valence-electron chi connectivity index (χ3n) is 8.16. The van der Waals surface area contributed by atoms with Crippen molar-refractivity contribution in [3.8, 4) is 0 Å². The predicted octanol–water partition coefficient (Wildman–Crippen LogP) is 6.41. The summed E-state index contributed by atoms with van der Waals surface area (Å²) in [5.74, 6) is -0.892. The fourth-order valence-electron chi connectivity index (χ4n) is 5.97. The molecule has 2 amide bonds. The fraction of sp³-hybridized carbons (Fsp3) is 0.444. The second-order valence-electron chi connectivity index (χ2n) is 14.3. The van der Waals surface area contributed by atoms with E-state index in [1.54, 1.807) is 45.6 Å². The maximum absolute atomic E-state index is 13.7. The summed E-state index contributed by atoms with van der Waals surface area (Å²) in [6, 6.07) is 24.1. The van der Waals surface area contributed by atoms with Crippen LogP contribution in [0.5, 0.6) is 0 Å². The zero-order chi connectivity index (χ0) is 33.9. The van der Waals surface area contributed by atoms with Crippen LogP contribution < -0.4 is 15.7 Å². The van der Waals surface area contributed by atoms with Crippen LogP contribution in [-0.4, -0.2) is 62.7 Å². The minimum atomic E-state index is -2.91. The van der Waals surface area contributed by atoms with Gasteiger partial charge in [0, 0.05) is 5.02 Å². The van der Waals surface area contributed by atoms with Crippen molar-refractivity contribution in [2.45, 2.75) is 83.7 Å². The molecular weight excluding hydrogens is 623 g/mol. The molecule has 4 rings (SSSR count). The number of hydrogen-bond donors (Lipinski definition) is 1. The van der Waals surface area contributed by atoms with E-state index in [9.17, 15) is 14.0 Å². The van der Waals surface area contributed by atoms with Gasteiger partial charge < -0.3 is 19.2 Å². The number of nitrogens with one attached hydrogen (secondary N) is 1. The van der Waals surface area contributed by atoms with Crippen molar-refractivity contribution in [3.63, 3.8) is 0 Å². The zero-order valence-electron chi connectivity index (χ0n) is 28.0. The summed E-state index contributed by atoms with van der Waals surface area (Å²) in [4.78, 5) is 28.8. The van der Waals surface area contributed by atoms with E-state index in [1.165, 1.54) is 12.1 Å². The molecule has 0 saturated carbocycles. The highest BCUT2D eigenvalue weighted by Gasteiger charge is 2.51. The first kappa shape index (κ1) is 35.6. The van der Waals surface area contributed by atoms with E-state index in [4.69, 9.17) is 25.5 Å². The van der Waals surface area contributed by atoms with Crippen molar-refractivity contribution < 1.29 is 27.9 Å². The van der Waals surface area contributed by atoms with E-state index in [1.807, 2.05) is 36.4 Å². The van der Waals surface area contributed by atoms with Crippen molar-refractivity contribution in [1.82, 2.24) is 10.2 Å². The van der Waals surface area contributed by atoms with Gasteiger partial charge in [-0.25, -0.2) is 9.18 Å². The summed E-state index contributed by atoms with van der Waals surface area (Å²) >= 11 is 6.32. The normalized spacial score (nSPS) is 17.8. The molecule has 2 atom stereocenters. The molecule has 0 aliphatic carbocycles. The van der Waals surface area contributed by atoms with Gasteiger partial charge in [-0.1, -0.05) is 99.1 Å². The predicted molar refractivity (Wildman–Crippen MR) is 183 cm³/mol. The van der Waals surface area contributed by atoms with Crippen LogP contribution in [0.15, 0.2) is 78.9 Å². The summed E-state index contributed by atoms with van der Waals surface area (Å²) in [6.07, 6.45) is -1.53. The summed E-state index contributed by atoms with van der Waals surface area (Å²) < 4.78 is 32.8. The van der Waals surface area contributed by atoms with Gasteiger partial charge in [-0.15, -0.1) is 0 Å². The van der Waals surface area contributed by atoms with Gasteiger partial charge in [0.2, 0.25) is 0 Å². The van der Waals surface area contributed by atoms with Crippen molar-refractivity contribution in [3.05, 3.63) is 95.3 Å². The van der Waals surface area contributed by atoms with E-state index in [0.29, 0.717) is 5.56 Å². The Morgan fingerprint density at radius 2 is 1.50 bits per heavy atom. The second-order valence-corrected chi connectivity index (χ2v) is 19.0. The lowest BCUT2D eigenvalue weighted by atomic mass is 9.93. The van der Waals surface area contributed by atoms with Gasteiger partial charge in [0.05, 0.1) is 31.3 Å². The Bertz CT molecular complexity index is 1470. The first-order valence-electron chi connectivity index (χ1n) is 15.6. The molecule has 3 aromatic rings. The van der Waals surface area contributed by atoms with Crippen LogP contribution in [0.3, 0.4) is 0 Å². The molecule has 46 heavy (non-hydrogen) atoms. The Labute approximate surface area is 278 Å². The Hall–Kier alpha value is -3.24. The number of amides is 2. The lowest BCUT2D eigenvalue weighted by Crippen LogP contribution is -2.68. The smallest absolute Gasteiger partial charge is 0.410 e. The molecule has 248 valence electrons. The molecule has 0 unspecified atom stereocenters. The fourth-order valence-corrected chi connectivity index (χ4v) is 11.0. The lowest BCUT2D eigenvalue weighted by Gasteiger charge is -2.46. The molecule has 1 saturated heterocycles. The van der Waals surface area contributed by atoms with Gasteiger partial charge >= 0.3 is 6.09 Å². The molecular formula is C36H46ClFN2O5Si. The number of carbonyl (C=O) groups is 2. The van der Waals surface area contributed by atoms with Crippen LogP contribution in [0.1, 0.15) is 61.0 Å². The molecule has 1 heterocycles. The van der Waals surface area contributed by atoms with Crippen molar-refractivity contribution in [2.75, 3.05) is 19.8 Å². The third kappa shape index (κ3) is 8.00. The molecule has 1 N–H and O–H groups in total. The van der Waals surface area contributed by atoms with Gasteiger partial charge in [0.25, 0.3) is 14.2 Å². The average molecular weight is 669 g/mol. The number of benzene rings is 3. The van der Waals surface area contributed by atoms with Crippen LogP contribution >= 0.6 is 11.6 Å². The number of ether oxygens (including phenoxy) is 2. The average Bonchev–Trinajstić information content (AvgIpc) is 2.96. The molecule has 3 aromatic carbocycles. The summed E-state index contributed by atoms with van der Waals surface area (Å²) in [5.41, 5.74) is -1.14. The molecule has 10 heteroatoms. The number of hydrogen-bond acceptors (Lipinski definition) is 5. The van der Waals surface area contributed by atoms with E-state index < -0.39 is 49.4 Å². The van der Waals surface area contributed by atoms with Gasteiger partial charge in [-0.2, -0.15) is 0 Å². The van der Waals surface area contributed by atoms with Crippen LogP contribution in [0.25, 0.3) is 0 Å². The number of carbonyl (C=O) groups excluding carboxylic acids is 2. The molecule has 0 aromatic heterocycles. The first-order chi connectivity index (χ1) is 21.4. The standard InChI is InChI=1S/C36H46ClFN2O5Si/c1-34(2,3)45-33(42)40-22-31(32(41)39-36(7,8)29-20-19-25(38)21-30(29)37)43-23-26(40)24-44-46(35(4,5)6,27-15-11-9-12-16-27)28-17-13-10-14-18-28/h9-21,26,31H,22-24H2,1-8H3,(H,39,41)/t26-,31-/m0/s1. The van der Waals surface area contributed by atoms with E-state index >= 15 is 0 Å². The molecule has 0 spiro atoms. The molecule has 7 nitrogen and oxygen atoms in total.